The second-order valence-electron chi connectivity index (χ2n) is 6.58. The summed E-state index contributed by atoms with van der Waals surface area (Å²) in [7, 11) is 0. The van der Waals surface area contributed by atoms with E-state index < -0.39 is 36.7 Å². The summed E-state index contributed by atoms with van der Waals surface area (Å²) in [5.41, 5.74) is 4.39. The van der Waals surface area contributed by atoms with Gasteiger partial charge in [-0.1, -0.05) is 18.2 Å². The average molecular weight is 411 g/mol. The number of aliphatic hydroxyl groups excluding tert-OH is 2. The van der Waals surface area contributed by atoms with Crippen molar-refractivity contribution in [2.75, 3.05) is 12.3 Å². The highest BCUT2D eigenvalue weighted by atomic mass is 16.7. The molecule has 4 N–H and O–H groups in total. The number of para-hydroxylation sites is 1. The topological polar surface area (TPSA) is 165 Å². The molecule has 0 radical (unpaired) electrons. The molecule has 1 fully saturated rings. The molecule has 1 aromatic carbocycles. The highest BCUT2D eigenvalue weighted by molar-refractivity contribution is 5.66. The Hall–Kier alpha value is -3.72. The van der Waals surface area contributed by atoms with Crippen molar-refractivity contribution in [2.45, 2.75) is 23.9 Å². The Balaban J connectivity index is 1.53. The van der Waals surface area contributed by atoms with Gasteiger partial charge in [-0.15, -0.1) is 0 Å². The number of nitrogens with zero attached hydrogens (tertiary/aromatic N) is 4. The molecule has 3 heterocycles. The van der Waals surface area contributed by atoms with Crippen molar-refractivity contribution in [1.29, 1.82) is 5.26 Å². The second-order valence-corrected chi connectivity index (χ2v) is 6.58. The lowest BCUT2D eigenvalue weighted by Gasteiger charge is -2.24. The zero-order chi connectivity index (χ0) is 21.3. The number of aliphatic hydroxyl groups is 2. The molecule has 30 heavy (non-hydrogen) atoms. The van der Waals surface area contributed by atoms with Crippen molar-refractivity contribution in [2.24, 2.45) is 0 Å². The molecule has 2 aromatic heterocycles. The quantitative estimate of drug-likeness (QED) is 0.403. The Bertz CT molecular complexity index is 1110. The largest absolute Gasteiger partial charge is 0.513 e. The van der Waals surface area contributed by atoms with E-state index in [9.17, 15) is 20.3 Å². The molecule has 0 bridgehead atoms. The van der Waals surface area contributed by atoms with Crippen molar-refractivity contribution in [3.8, 4) is 11.8 Å². The fourth-order valence-corrected chi connectivity index (χ4v) is 3.31. The van der Waals surface area contributed by atoms with Gasteiger partial charge < -0.3 is 30.2 Å². The number of ether oxygens (including phenoxy) is 3. The number of carbonyl (C=O) groups is 1. The van der Waals surface area contributed by atoms with E-state index in [0.29, 0.717) is 5.52 Å². The Morgan fingerprint density at radius 1 is 1.30 bits per heavy atom. The molecule has 3 aromatic rings. The Kier molecular flexibility index (Phi) is 4.96. The van der Waals surface area contributed by atoms with Crippen molar-refractivity contribution in [1.82, 2.24) is 14.6 Å². The van der Waals surface area contributed by atoms with Crippen LogP contribution in [0, 0.1) is 11.3 Å². The lowest BCUT2D eigenvalue weighted by Crippen LogP contribution is -2.41. The van der Waals surface area contributed by atoms with Gasteiger partial charge in [0.05, 0.1) is 5.69 Å². The van der Waals surface area contributed by atoms with Crippen LogP contribution < -0.4 is 10.5 Å². The normalized spacial score (nSPS) is 25.7. The molecule has 0 unspecified atom stereocenters. The number of nitriles is 1. The molecular formula is C19H17N5O6. The molecule has 0 saturated carbocycles. The van der Waals surface area contributed by atoms with E-state index in [1.165, 1.54) is 16.9 Å². The highest BCUT2D eigenvalue weighted by Crippen LogP contribution is 2.40. The standard InChI is InChI=1S/C19H17N5O6/c20-9-19(14-7-6-12-17(21)22-10-23-24(12)14)16(26)15(25)13(30-19)8-28-18(27)29-11-4-2-1-3-5-11/h1-7,10,13,15-16,25-26H,8H2,(H2,21,22,23)/t13-,15-,16-,19+/m1/s1. The molecule has 0 amide bonds. The summed E-state index contributed by atoms with van der Waals surface area (Å²) >= 11 is 0. The molecule has 0 spiro atoms. The van der Waals surface area contributed by atoms with Gasteiger partial charge in [0, 0.05) is 0 Å². The summed E-state index contributed by atoms with van der Waals surface area (Å²) in [6.45, 7) is -0.451. The number of rotatable bonds is 4. The van der Waals surface area contributed by atoms with Gasteiger partial charge in [-0.3, -0.25) is 0 Å². The van der Waals surface area contributed by atoms with Crippen LogP contribution in [0.5, 0.6) is 5.75 Å². The fraction of sp³-hybridized carbons (Fsp3) is 0.263. The number of hydrogen-bond donors (Lipinski definition) is 3. The Morgan fingerprint density at radius 2 is 2.07 bits per heavy atom. The van der Waals surface area contributed by atoms with Crippen LogP contribution in [-0.2, 0) is 15.1 Å². The monoisotopic (exact) mass is 411 g/mol. The lowest BCUT2D eigenvalue weighted by atomic mass is 9.92. The van der Waals surface area contributed by atoms with Gasteiger partial charge in [0.25, 0.3) is 0 Å². The van der Waals surface area contributed by atoms with Gasteiger partial charge in [-0.2, -0.15) is 10.4 Å². The first-order valence-electron chi connectivity index (χ1n) is 8.90. The molecule has 1 saturated heterocycles. The molecule has 4 atom stereocenters. The minimum atomic E-state index is -1.97. The number of fused-ring (bicyclic) bond motifs is 1. The van der Waals surface area contributed by atoms with Crippen LogP contribution >= 0.6 is 0 Å². The summed E-state index contributed by atoms with van der Waals surface area (Å²) in [5.74, 6) is 0.444. The molecule has 154 valence electrons. The predicted molar refractivity (Wildman–Crippen MR) is 100.0 cm³/mol. The maximum Gasteiger partial charge on any atom is 0.513 e. The summed E-state index contributed by atoms with van der Waals surface area (Å²) in [5, 5.41) is 34.9. The number of nitrogen functional groups attached to an aromatic ring is 1. The van der Waals surface area contributed by atoms with Crippen molar-refractivity contribution in [3.63, 3.8) is 0 Å². The van der Waals surface area contributed by atoms with Crippen LogP contribution in [0.15, 0.2) is 48.8 Å². The van der Waals surface area contributed by atoms with Gasteiger partial charge in [0.2, 0.25) is 5.60 Å². The number of anilines is 1. The maximum absolute atomic E-state index is 11.9. The Morgan fingerprint density at radius 3 is 2.80 bits per heavy atom. The number of hydrogen-bond acceptors (Lipinski definition) is 10. The van der Waals surface area contributed by atoms with E-state index in [1.54, 1.807) is 36.4 Å². The van der Waals surface area contributed by atoms with E-state index in [2.05, 4.69) is 10.1 Å². The first-order chi connectivity index (χ1) is 14.5. The van der Waals surface area contributed by atoms with Crippen molar-refractivity contribution < 1.29 is 29.2 Å². The molecule has 11 heteroatoms. The third-order valence-corrected chi connectivity index (χ3v) is 4.80. The highest BCUT2D eigenvalue weighted by Gasteiger charge is 2.57. The van der Waals surface area contributed by atoms with Gasteiger partial charge in [0.15, 0.2) is 5.82 Å². The van der Waals surface area contributed by atoms with Crippen molar-refractivity contribution >= 4 is 17.5 Å². The van der Waals surface area contributed by atoms with E-state index in [-0.39, 0.29) is 17.3 Å². The predicted octanol–water partition coefficient (Wildman–Crippen LogP) is 0.367. The molecule has 4 rings (SSSR count). The maximum atomic E-state index is 11.9. The van der Waals surface area contributed by atoms with Crippen LogP contribution in [0.3, 0.4) is 0 Å². The molecule has 1 aliphatic heterocycles. The van der Waals surface area contributed by atoms with Crippen LogP contribution in [0.4, 0.5) is 10.6 Å². The smallest absolute Gasteiger partial charge is 0.431 e. The minimum absolute atomic E-state index is 0.148. The van der Waals surface area contributed by atoms with Crippen LogP contribution in [0.1, 0.15) is 5.69 Å². The van der Waals surface area contributed by atoms with E-state index in [4.69, 9.17) is 19.9 Å². The van der Waals surface area contributed by atoms with Gasteiger partial charge >= 0.3 is 6.16 Å². The van der Waals surface area contributed by atoms with E-state index in [0.717, 1.165) is 0 Å². The molecular weight excluding hydrogens is 394 g/mol. The SMILES string of the molecule is N#C[C@@]1(c2ccc3c(N)ncnn23)O[C@H](COC(=O)Oc2ccccc2)[C@@H](O)[C@H]1O. The van der Waals surface area contributed by atoms with E-state index >= 15 is 0 Å². The number of carbonyl (C=O) groups excluding carboxylic acids is 1. The molecule has 11 nitrogen and oxygen atoms in total. The zero-order valence-corrected chi connectivity index (χ0v) is 15.5. The average Bonchev–Trinajstić information content (AvgIpc) is 3.29. The lowest BCUT2D eigenvalue weighted by molar-refractivity contribution is -0.0688. The second kappa shape index (κ2) is 7.60. The first-order valence-corrected chi connectivity index (χ1v) is 8.90. The van der Waals surface area contributed by atoms with Crippen LogP contribution in [0.25, 0.3) is 5.52 Å². The summed E-state index contributed by atoms with van der Waals surface area (Å²) in [4.78, 5) is 15.8. The number of benzene rings is 1. The van der Waals surface area contributed by atoms with Crippen LogP contribution in [-0.4, -0.2) is 55.9 Å². The molecule has 0 aliphatic carbocycles. The van der Waals surface area contributed by atoms with Gasteiger partial charge in [-0.05, 0) is 24.3 Å². The third-order valence-electron chi connectivity index (χ3n) is 4.80. The summed E-state index contributed by atoms with van der Waals surface area (Å²) in [6.07, 6.45) is -4.17. The summed E-state index contributed by atoms with van der Waals surface area (Å²) < 4.78 is 17.0. The first kappa shape index (κ1) is 19.6. The van der Waals surface area contributed by atoms with Gasteiger partial charge in [0.1, 0.15) is 48.6 Å². The molecule has 1 aliphatic rings. The fourth-order valence-electron chi connectivity index (χ4n) is 3.31. The number of nitrogens with two attached hydrogens (primary N) is 1. The van der Waals surface area contributed by atoms with Crippen LogP contribution in [0.2, 0.25) is 0 Å². The van der Waals surface area contributed by atoms with Gasteiger partial charge in [-0.25, -0.2) is 14.3 Å². The zero-order valence-electron chi connectivity index (χ0n) is 15.5. The third kappa shape index (κ3) is 3.18. The summed E-state index contributed by atoms with van der Waals surface area (Å²) in [6, 6.07) is 13.2. The van der Waals surface area contributed by atoms with Crippen molar-refractivity contribution in [3.05, 3.63) is 54.5 Å². The minimum Gasteiger partial charge on any atom is -0.431 e. The Labute approximate surface area is 169 Å². The number of aromatic nitrogens is 3. The van der Waals surface area contributed by atoms with E-state index in [1.807, 2.05) is 6.07 Å².